The zero-order valence-electron chi connectivity index (χ0n) is 10.5. The minimum Gasteiger partial charge on any atom is -0.349 e. The third-order valence-corrected chi connectivity index (χ3v) is 2.20. The zero-order valence-corrected chi connectivity index (χ0v) is 10.5. The molecule has 90 valence electrons. The minimum atomic E-state index is 0.213. The third-order valence-electron chi connectivity index (χ3n) is 2.20. The number of nitrogens with one attached hydrogen (secondary N) is 1. The van der Waals surface area contributed by atoms with Crippen LogP contribution < -0.4 is 5.32 Å². The van der Waals surface area contributed by atoms with Gasteiger partial charge in [0.25, 0.3) is 0 Å². The van der Waals surface area contributed by atoms with E-state index in [4.69, 9.17) is 0 Å². The lowest BCUT2D eigenvalue weighted by Crippen LogP contribution is -2.25. The number of hydrogen-bond acceptors (Lipinski definition) is 3. The highest BCUT2D eigenvalue weighted by atomic mass is 16.2. The van der Waals surface area contributed by atoms with Gasteiger partial charge in [0, 0.05) is 20.5 Å². The topological polar surface area (TPSA) is 35.6 Å². The Hall–Kier alpha value is -0.610. The van der Waals surface area contributed by atoms with Crippen molar-refractivity contribution in [1.29, 1.82) is 0 Å². The number of carbonyl (C=O) groups excluding carboxylic acids is 1. The molecule has 0 atom stereocenters. The van der Waals surface area contributed by atoms with E-state index < -0.39 is 0 Å². The molecule has 0 unspecified atom stereocenters. The number of rotatable bonds is 8. The van der Waals surface area contributed by atoms with Crippen LogP contribution in [0.5, 0.6) is 0 Å². The fourth-order valence-corrected chi connectivity index (χ4v) is 1.23. The summed E-state index contributed by atoms with van der Waals surface area (Å²) in [6.07, 6.45) is 2.74. The summed E-state index contributed by atoms with van der Waals surface area (Å²) in [5, 5.41) is 3.34. The molecule has 4 nitrogen and oxygen atoms in total. The quantitative estimate of drug-likeness (QED) is 0.595. The second-order valence-electron chi connectivity index (χ2n) is 4.30. The predicted molar refractivity (Wildman–Crippen MR) is 64.0 cm³/mol. The molecule has 0 heterocycles. The largest absolute Gasteiger partial charge is 0.349 e. The molecule has 1 amide bonds. The molecule has 1 N–H and O–H groups in total. The smallest absolute Gasteiger partial charge is 0.222 e. The maximum absolute atomic E-state index is 11.2. The van der Waals surface area contributed by atoms with E-state index in [0.717, 1.165) is 32.5 Å². The van der Waals surface area contributed by atoms with Crippen molar-refractivity contribution < 1.29 is 4.79 Å². The van der Waals surface area contributed by atoms with E-state index >= 15 is 0 Å². The lowest BCUT2D eigenvalue weighted by Gasteiger charge is -2.11. The van der Waals surface area contributed by atoms with Crippen LogP contribution in [0.25, 0.3) is 0 Å². The summed E-state index contributed by atoms with van der Waals surface area (Å²) in [7, 11) is 7.76. The lowest BCUT2D eigenvalue weighted by molar-refractivity contribution is -0.128. The van der Waals surface area contributed by atoms with E-state index in [9.17, 15) is 4.79 Å². The van der Waals surface area contributed by atoms with Crippen molar-refractivity contribution in [3.05, 3.63) is 0 Å². The molecule has 0 radical (unpaired) electrons. The van der Waals surface area contributed by atoms with Gasteiger partial charge in [-0.25, -0.2) is 0 Å². The zero-order chi connectivity index (χ0) is 11.7. The van der Waals surface area contributed by atoms with Crippen LogP contribution in [0.4, 0.5) is 0 Å². The fraction of sp³-hybridized carbons (Fsp3) is 0.909. The van der Waals surface area contributed by atoms with Crippen molar-refractivity contribution in [3.8, 4) is 0 Å². The van der Waals surface area contributed by atoms with Gasteiger partial charge in [-0.1, -0.05) is 0 Å². The third kappa shape index (κ3) is 9.69. The van der Waals surface area contributed by atoms with Gasteiger partial charge < -0.3 is 15.1 Å². The summed E-state index contributed by atoms with van der Waals surface area (Å²) >= 11 is 0. The highest BCUT2D eigenvalue weighted by Gasteiger charge is 2.01. The van der Waals surface area contributed by atoms with Crippen molar-refractivity contribution in [3.63, 3.8) is 0 Å². The Labute approximate surface area is 93.6 Å². The van der Waals surface area contributed by atoms with Crippen LogP contribution >= 0.6 is 0 Å². The van der Waals surface area contributed by atoms with Gasteiger partial charge in [0.2, 0.25) is 5.91 Å². The number of carbonyl (C=O) groups is 1. The van der Waals surface area contributed by atoms with Crippen molar-refractivity contribution in [2.75, 3.05) is 47.8 Å². The second kappa shape index (κ2) is 8.68. The molecule has 0 saturated carbocycles. The summed E-state index contributed by atoms with van der Waals surface area (Å²) in [6, 6.07) is 0. The molecule has 0 fully saturated rings. The Kier molecular flexibility index (Phi) is 8.33. The van der Waals surface area contributed by atoms with Crippen LogP contribution in [-0.4, -0.2) is 63.5 Å². The van der Waals surface area contributed by atoms with E-state index in [1.807, 2.05) is 0 Å². The van der Waals surface area contributed by atoms with Crippen LogP contribution in [0, 0.1) is 0 Å². The van der Waals surface area contributed by atoms with Gasteiger partial charge in [-0.3, -0.25) is 4.79 Å². The number of hydrogen-bond donors (Lipinski definition) is 1. The van der Waals surface area contributed by atoms with Gasteiger partial charge >= 0.3 is 0 Å². The normalized spacial score (nSPS) is 10.7. The molecule has 0 aromatic rings. The van der Waals surface area contributed by atoms with Gasteiger partial charge in [-0.2, -0.15) is 0 Å². The average Bonchev–Trinajstić information content (AvgIpc) is 2.15. The molecule has 0 aromatic heterocycles. The molecule has 0 bridgehead atoms. The molecule has 4 heteroatoms. The summed E-state index contributed by atoms with van der Waals surface area (Å²) < 4.78 is 0. The molecule has 0 spiro atoms. The van der Waals surface area contributed by atoms with Crippen molar-refractivity contribution in [1.82, 2.24) is 15.1 Å². The van der Waals surface area contributed by atoms with Crippen molar-refractivity contribution >= 4 is 5.91 Å². The monoisotopic (exact) mass is 215 g/mol. The van der Waals surface area contributed by atoms with Crippen LogP contribution in [0.15, 0.2) is 0 Å². The van der Waals surface area contributed by atoms with Crippen molar-refractivity contribution in [2.24, 2.45) is 0 Å². The number of nitrogens with zero attached hydrogens (tertiary/aromatic N) is 2. The standard InChI is InChI=1S/C11H25N3O/c1-13(2)10-6-9-12-8-5-7-11(15)14(3)4/h12H,5-10H2,1-4H3. The Balaban J connectivity index is 3.15. The van der Waals surface area contributed by atoms with Gasteiger partial charge in [0.15, 0.2) is 0 Å². The first-order valence-electron chi connectivity index (χ1n) is 5.59. The first-order chi connectivity index (χ1) is 7.04. The Morgan fingerprint density at radius 1 is 1.07 bits per heavy atom. The Morgan fingerprint density at radius 3 is 2.20 bits per heavy atom. The molecular weight excluding hydrogens is 190 g/mol. The Morgan fingerprint density at radius 2 is 1.67 bits per heavy atom. The van der Waals surface area contributed by atoms with Gasteiger partial charge in [0.05, 0.1) is 0 Å². The molecule has 15 heavy (non-hydrogen) atoms. The van der Waals surface area contributed by atoms with Crippen LogP contribution in [0.3, 0.4) is 0 Å². The van der Waals surface area contributed by atoms with E-state index in [2.05, 4.69) is 24.3 Å². The molecule has 0 saturated heterocycles. The van der Waals surface area contributed by atoms with Crippen LogP contribution in [-0.2, 0) is 4.79 Å². The van der Waals surface area contributed by atoms with Gasteiger partial charge in [-0.05, 0) is 46.6 Å². The number of amides is 1. The van der Waals surface area contributed by atoms with Gasteiger partial charge in [-0.15, -0.1) is 0 Å². The minimum absolute atomic E-state index is 0.213. The summed E-state index contributed by atoms with van der Waals surface area (Å²) in [5.41, 5.74) is 0. The Bertz CT molecular complexity index is 169. The predicted octanol–water partition coefficient (Wildman–Crippen LogP) is 0.396. The van der Waals surface area contributed by atoms with E-state index in [1.165, 1.54) is 0 Å². The summed E-state index contributed by atoms with van der Waals surface area (Å²) in [5.74, 6) is 0.213. The first kappa shape index (κ1) is 14.4. The fourth-order valence-electron chi connectivity index (χ4n) is 1.23. The maximum atomic E-state index is 11.2. The second-order valence-corrected chi connectivity index (χ2v) is 4.30. The van der Waals surface area contributed by atoms with Crippen LogP contribution in [0.2, 0.25) is 0 Å². The first-order valence-corrected chi connectivity index (χ1v) is 5.59. The molecule has 0 aliphatic carbocycles. The molecule has 0 aromatic carbocycles. The van der Waals surface area contributed by atoms with E-state index in [1.54, 1.807) is 19.0 Å². The lowest BCUT2D eigenvalue weighted by atomic mass is 10.3. The summed E-state index contributed by atoms with van der Waals surface area (Å²) in [6.45, 7) is 3.09. The van der Waals surface area contributed by atoms with E-state index in [-0.39, 0.29) is 5.91 Å². The molecular formula is C11H25N3O. The van der Waals surface area contributed by atoms with Crippen LogP contribution in [0.1, 0.15) is 19.3 Å². The maximum Gasteiger partial charge on any atom is 0.222 e. The van der Waals surface area contributed by atoms with Gasteiger partial charge in [0.1, 0.15) is 0 Å². The molecule has 0 rings (SSSR count). The van der Waals surface area contributed by atoms with E-state index in [0.29, 0.717) is 6.42 Å². The molecule has 0 aliphatic rings. The SMILES string of the molecule is CN(C)CCCNCCCC(=O)N(C)C. The van der Waals surface area contributed by atoms with Crippen molar-refractivity contribution in [2.45, 2.75) is 19.3 Å². The highest BCUT2D eigenvalue weighted by molar-refractivity contribution is 5.75. The summed E-state index contributed by atoms with van der Waals surface area (Å²) in [4.78, 5) is 15.0. The molecule has 0 aliphatic heterocycles. The average molecular weight is 215 g/mol. The highest BCUT2D eigenvalue weighted by Crippen LogP contribution is 1.91.